The van der Waals surface area contributed by atoms with E-state index in [2.05, 4.69) is 37.8 Å². The Morgan fingerprint density at radius 3 is 2.73 bits per heavy atom. The van der Waals surface area contributed by atoms with E-state index in [0.29, 0.717) is 11.2 Å². The quantitative estimate of drug-likeness (QED) is 0.783. The number of aromatic nitrogens is 2. The summed E-state index contributed by atoms with van der Waals surface area (Å²) in [7, 11) is 2.07. The minimum Gasteiger partial charge on any atom is -0.356 e. The maximum atomic E-state index is 5.94. The Hall–Kier alpha value is -0.350. The Bertz CT molecular complexity index is 353. The lowest BCUT2D eigenvalue weighted by Crippen LogP contribution is -2.29. The Balaban J connectivity index is 2.24. The number of hydrogen-bond acceptors (Lipinski definition) is 3. The van der Waals surface area contributed by atoms with Crippen molar-refractivity contribution in [3.05, 3.63) is 16.0 Å². The van der Waals surface area contributed by atoms with Crippen molar-refractivity contribution in [2.45, 2.75) is 31.7 Å². The number of hydrogen-bond donors (Lipinski definition) is 0. The first-order valence-electron chi connectivity index (χ1n) is 5.09. The van der Waals surface area contributed by atoms with Crippen molar-refractivity contribution in [1.29, 1.82) is 0 Å². The predicted octanol–water partition coefficient (Wildman–Crippen LogP) is 3.27. The van der Waals surface area contributed by atoms with Gasteiger partial charge < -0.3 is 4.90 Å². The summed E-state index contributed by atoms with van der Waals surface area (Å²) in [4.78, 5) is 10.4. The summed E-state index contributed by atoms with van der Waals surface area (Å²) in [5, 5.41) is 0.477. The lowest BCUT2D eigenvalue weighted by atomic mass is 10.2. The summed E-state index contributed by atoms with van der Waals surface area (Å²) in [5.41, 5.74) is 0. The maximum Gasteiger partial charge on any atom is 0.148 e. The summed E-state index contributed by atoms with van der Waals surface area (Å²) in [6, 6.07) is 0.590. The molecule has 15 heavy (non-hydrogen) atoms. The van der Waals surface area contributed by atoms with Crippen LogP contribution in [0.1, 0.15) is 25.7 Å². The third kappa shape index (κ3) is 2.26. The van der Waals surface area contributed by atoms with Crippen LogP contribution in [0.3, 0.4) is 0 Å². The van der Waals surface area contributed by atoms with Gasteiger partial charge in [0, 0.05) is 13.1 Å². The number of anilines is 1. The van der Waals surface area contributed by atoms with Crippen molar-refractivity contribution >= 4 is 33.3 Å². The molecular formula is C10H13BrClN3. The zero-order chi connectivity index (χ0) is 10.8. The van der Waals surface area contributed by atoms with Crippen LogP contribution in [0.25, 0.3) is 0 Å². The number of halogens is 2. The van der Waals surface area contributed by atoms with E-state index in [4.69, 9.17) is 11.6 Å². The van der Waals surface area contributed by atoms with E-state index in [9.17, 15) is 0 Å². The Labute approximate surface area is 103 Å². The van der Waals surface area contributed by atoms with E-state index in [-0.39, 0.29) is 0 Å². The highest BCUT2D eigenvalue weighted by Gasteiger charge is 2.22. The van der Waals surface area contributed by atoms with Gasteiger partial charge in [0.25, 0.3) is 0 Å². The van der Waals surface area contributed by atoms with Crippen molar-refractivity contribution in [2.75, 3.05) is 11.9 Å². The van der Waals surface area contributed by atoms with Crippen LogP contribution >= 0.6 is 27.5 Å². The highest BCUT2D eigenvalue weighted by atomic mass is 79.9. The van der Waals surface area contributed by atoms with E-state index in [1.165, 1.54) is 32.0 Å². The average molecular weight is 291 g/mol. The van der Waals surface area contributed by atoms with Gasteiger partial charge in [0.1, 0.15) is 17.3 Å². The van der Waals surface area contributed by atoms with Crippen LogP contribution < -0.4 is 4.90 Å². The molecule has 0 spiro atoms. The largest absolute Gasteiger partial charge is 0.356 e. The molecule has 1 saturated carbocycles. The van der Waals surface area contributed by atoms with Crippen LogP contribution in [0.2, 0.25) is 5.15 Å². The average Bonchev–Trinajstić information content (AvgIpc) is 2.74. The Kier molecular flexibility index (Phi) is 3.46. The molecule has 82 valence electrons. The molecule has 1 aliphatic rings. The third-order valence-electron chi connectivity index (χ3n) is 2.94. The lowest BCUT2D eigenvalue weighted by molar-refractivity contribution is 0.644. The summed E-state index contributed by atoms with van der Waals surface area (Å²) in [6.07, 6.45) is 6.61. The fourth-order valence-electron chi connectivity index (χ4n) is 2.05. The zero-order valence-electron chi connectivity index (χ0n) is 8.58. The molecule has 0 bridgehead atoms. The van der Waals surface area contributed by atoms with Crippen molar-refractivity contribution in [1.82, 2.24) is 9.97 Å². The summed E-state index contributed by atoms with van der Waals surface area (Å²) >= 11 is 9.37. The fraction of sp³-hybridized carbons (Fsp3) is 0.600. The SMILES string of the molecule is CN(c1ncnc(Cl)c1Br)C1CCCC1. The van der Waals surface area contributed by atoms with E-state index in [1.54, 1.807) is 0 Å². The van der Waals surface area contributed by atoms with E-state index in [0.717, 1.165) is 10.3 Å². The van der Waals surface area contributed by atoms with Gasteiger partial charge in [-0.15, -0.1) is 0 Å². The van der Waals surface area contributed by atoms with Crippen LogP contribution in [0, 0.1) is 0 Å². The smallest absolute Gasteiger partial charge is 0.148 e. The molecule has 0 unspecified atom stereocenters. The van der Waals surface area contributed by atoms with E-state index >= 15 is 0 Å². The third-order valence-corrected chi connectivity index (χ3v) is 4.18. The number of rotatable bonds is 2. The molecule has 1 fully saturated rings. The predicted molar refractivity (Wildman–Crippen MR) is 65.4 cm³/mol. The number of nitrogens with zero attached hydrogens (tertiary/aromatic N) is 3. The van der Waals surface area contributed by atoms with Crippen LogP contribution in [-0.2, 0) is 0 Å². The molecule has 0 N–H and O–H groups in total. The van der Waals surface area contributed by atoms with E-state index < -0.39 is 0 Å². The van der Waals surface area contributed by atoms with Crippen molar-refractivity contribution < 1.29 is 0 Å². The van der Waals surface area contributed by atoms with Crippen LogP contribution in [-0.4, -0.2) is 23.1 Å². The molecule has 3 nitrogen and oxygen atoms in total. The van der Waals surface area contributed by atoms with Gasteiger partial charge in [-0.05, 0) is 28.8 Å². The molecule has 1 heterocycles. The van der Waals surface area contributed by atoms with Crippen molar-refractivity contribution in [2.24, 2.45) is 0 Å². The molecule has 0 radical (unpaired) electrons. The zero-order valence-corrected chi connectivity index (χ0v) is 10.9. The first kappa shape index (κ1) is 11.1. The second-order valence-electron chi connectivity index (χ2n) is 3.85. The molecule has 0 saturated heterocycles. The molecule has 0 amide bonds. The highest BCUT2D eigenvalue weighted by Crippen LogP contribution is 2.32. The summed E-state index contributed by atoms with van der Waals surface area (Å²) < 4.78 is 0.793. The van der Waals surface area contributed by atoms with Crippen LogP contribution in [0.15, 0.2) is 10.8 Å². The monoisotopic (exact) mass is 289 g/mol. The minimum absolute atomic E-state index is 0.477. The second-order valence-corrected chi connectivity index (χ2v) is 5.00. The van der Waals surface area contributed by atoms with Gasteiger partial charge in [-0.3, -0.25) is 0 Å². The van der Waals surface area contributed by atoms with Gasteiger partial charge in [-0.2, -0.15) is 0 Å². The van der Waals surface area contributed by atoms with Crippen molar-refractivity contribution in [3.63, 3.8) is 0 Å². The van der Waals surface area contributed by atoms with Gasteiger partial charge in [-0.25, -0.2) is 9.97 Å². The van der Waals surface area contributed by atoms with Gasteiger partial charge in [-0.1, -0.05) is 24.4 Å². The summed E-state index contributed by atoms with van der Waals surface area (Å²) in [5.74, 6) is 0.891. The van der Waals surface area contributed by atoms with Crippen LogP contribution in [0.5, 0.6) is 0 Å². The normalized spacial score (nSPS) is 17.0. The van der Waals surface area contributed by atoms with Gasteiger partial charge in [0.2, 0.25) is 0 Å². The lowest BCUT2D eigenvalue weighted by Gasteiger charge is -2.26. The van der Waals surface area contributed by atoms with E-state index in [1.807, 2.05) is 0 Å². The fourth-order valence-corrected chi connectivity index (χ4v) is 2.66. The minimum atomic E-state index is 0.477. The summed E-state index contributed by atoms with van der Waals surface area (Å²) in [6.45, 7) is 0. The Morgan fingerprint density at radius 2 is 2.07 bits per heavy atom. The first-order valence-corrected chi connectivity index (χ1v) is 6.26. The molecule has 0 aliphatic heterocycles. The van der Waals surface area contributed by atoms with Crippen LogP contribution in [0.4, 0.5) is 5.82 Å². The van der Waals surface area contributed by atoms with Gasteiger partial charge in [0.05, 0.1) is 4.47 Å². The maximum absolute atomic E-state index is 5.94. The first-order chi connectivity index (χ1) is 7.20. The molecule has 1 aromatic rings. The topological polar surface area (TPSA) is 29.0 Å². The molecule has 5 heteroatoms. The Morgan fingerprint density at radius 1 is 1.40 bits per heavy atom. The molecular weight excluding hydrogens is 277 g/mol. The molecule has 0 aromatic carbocycles. The van der Waals surface area contributed by atoms with Crippen molar-refractivity contribution in [3.8, 4) is 0 Å². The molecule has 1 aromatic heterocycles. The van der Waals surface area contributed by atoms with Gasteiger partial charge in [0.15, 0.2) is 0 Å². The molecule has 2 rings (SSSR count). The standard InChI is InChI=1S/C10H13BrClN3/c1-15(7-4-2-3-5-7)10-8(11)9(12)13-6-14-10/h6-7H,2-5H2,1H3. The molecule has 0 atom stereocenters. The second kappa shape index (κ2) is 4.66. The highest BCUT2D eigenvalue weighted by molar-refractivity contribution is 9.10. The molecule has 1 aliphatic carbocycles. The van der Waals surface area contributed by atoms with Gasteiger partial charge >= 0.3 is 0 Å².